The maximum absolute atomic E-state index is 4.26. The molecule has 2 N–H and O–H groups in total. The maximum atomic E-state index is 4.26. The number of aromatic nitrogens is 1. The number of hydrogen-bond donors (Lipinski definition) is 2. The molecule has 0 aliphatic carbocycles. The summed E-state index contributed by atoms with van der Waals surface area (Å²) >= 11 is 0. The molecule has 0 spiro atoms. The summed E-state index contributed by atoms with van der Waals surface area (Å²) in [7, 11) is 0. The molecule has 1 heterocycles. The van der Waals surface area contributed by atoms with E-state index in [9.17, 15) is 0 Å². The highest BCUT2D eigenvalue weighted by Gasteiger charge is 2.05. The van der Waals surface area contributed by atoms with Crippen LogP contribution >= 0.6 is 0 Å². The Morgan fingerprint density at radius 3 is 2.53 bits per heavy atom. The summed E-state index contributed by atoms with van der Waals surface area (Å²) in [6.45, 7) is 7.61. The molecule has 17 heavy (non-hydrogen) atoms. The molecule has 1 unspecified atom stereocenters. The molecule has 0 aliphatic heterocycles. The predicted molar refractivity (Wildman–Crippen MR) is 75.6 cm³/mol. The highest BCUT2D eigenvalue weighted by Crippen LogP contribution is 2.16. The molecule has 3 nitrogen and oxygen atoms in total. The molecule has 0 aliphatic rings. The Morgan fingerprint density at radius 1 is 1.12 bits per heavy atom. The van der Waals surface area contributed by atoms with Crippen LogP contribution in [0.15, 0.2) is 18.5 Å². The van der Waals surface area contributed by atoms with Crippen molar-refractivity contribution in [1.82, 2.24) is 4.98 Å². The summed E-state index contributed by atoms with van der Waals surface area (Å²) in [6, 6.07) is 2.70. The Kier molecular flexibility index (Phi) is 6.45. The first-order valence-corrected chi connectivity index (χ1v) is 6.75. The molecule has 3 heteroatoms. The largest absolute Gasteiger partial charge is 0.384 e. The first-order valence-electron chi connectivity index (χ1n) is 6.75. The third-order valence-corrected chi connectivity index (χ3v) is 2.82. The summed E-state index contributed by atoms with van der Waals surface area (Å²) in [4.78, 5) is 4.26. The van der Waals surface area contributed by atoms with Crippen molar-refractivity contribution in [3.63, 3.8) is 0 Å². The minimum absolute atomic E-state index is 0.559. The average molecular weight is 235 g/mol. The van der Waals surface area contributed by atoms with E-state index in [-0.39, 0.29) is 0 Å². The number of nitrogens with zero attached hydrogens (tertiary/aromatic N) is 1. The van der Waals surface area contributed by atoms with Crippen molar-refractivity contribution in [2.75, 3.05) is 17.2 Å². The lowest BCUT2D eigenvalue weighted by Crippen LogP contribution is -2.18. The van der Waals surface area contributed by atoms with Crippen LogP contribution < -0.4 is 10.6 Å². The van der Waals surface area contributed by atoms with Gasteiger partial charge in [-0.3, -0.25) is 4.98 Å². The average Bonchev–Trinajstić information content (AvgIpc) is 2.36. The molecule has 0 fully saturated rings. The van der Waals surface area contributed by atoms with Crippen LogP contribution in [0.1, 0.15) is 46.5 Å². The van der Waals surface area contributed by atoms with Gasteiger partial charge in [-0.15, -0.1) is 0 Å². The Bertz CT molecular complexity index is 312. The molecule has 0 saturated heterocycles. The van der Waals surface area contributed by atoms with Gasteiger partial charge in [0.1, 0.15) is 0 Å². The molecule has 96 valence electrons. The fourth-order valence-electron chi connectivity index (χ4n) is 1.85. The second-order valence-electron chi connectivity index (χ2n) is 4.43. The zero-order valence-electron chi connectivity index (χ0n) is 11.3. The van der Waals surface area contributed by atoms with E-state index in [1.165, 1.54) is 12.8 Å². The molecule has 1 aromatic heterocycles. The van der Waals surface area contributed by atoms with E-state index in [4.69, 9.17) is 0 Å². The van der Waals surface area contributed by atoms with Crippen LogP contribution in [0.3, 0.4) is 0 Å². The summed E-state index contributed by atoms with van der Waals surface area (Å²) in [5, 5.41) is 6.90. The van der Waals surface area contributed by atoms with Gasteiger partial charge in [-0.25, -0.2) is 0 Å². The van der Waals surface area contributed by atoms with Gasteiger partial charge in [0.05, 0.1) is 23.8 Å². The molecule has 0 amide bonds. The predicted octanol–water partition coefficient (Wildman–Crippen LogP) is 3.89. The van der Waals surface area contributed by atoms with Crippen LogP contribution in [-0.4, -0.2) is 17.6 Å². The lowest BCUT2D eigenvalue weighted by molar-refractivity contribution is 0.622. The molecule has 1 aromatic rings. The molecular weight excluding hydrogens is 210 g/mol. The smallest absolute Gasteiger partial charge is 0.0549 e. The first-order chi connectivity index (χ1) is 8.30. The van der Waals surface area contributed by atoms with Gasteiger partial charge in [-0.1, -0.05) is 27.2 Å². The van der Waals surface area contributed by atoms with E-state index in [0.717, 1.165) is 30.8 Å². The monoisotopic (exact) mass is 235 g/mol. The third-order valence-electron chi connectivity index (χ3n) is 2.82. The third kappa shape index (κ3) is 5.07. The Hall–Kier alpha value is -1.25. The zero-order chi connectivity index (χ0) is 12.5. The van der Waals surface area contributed by atoms with Gasteiger partial charge in [0.15, 0.2) is 0 Å². The van der Waals surface area contributed by atoms with Gasteiger partial charge in [-0.2, -0.15) is 0 Å². The molecule has 0 aromatic carbocycles. The van der Waals surface area contributed by atoms with Crippen LogP contribution in [0, 0.1) is 0 Å². The second kappa shape index (κ2) is 7.93. The second-order valence-corrected chi connectivity index (χ2v) is 4.43. The van der Waals surface area contributed by atoms with Crippen LogP contribution in [0.5, 0.6) is 0 Å². The normalized spacial score (nSPS) is 12.2. The standard InChI is InChI=1S/C14H25N3/c1-4-7-12(6-3)17-14-9-13(10-15-11-14)16-8-5-2/h9-12,16-17H,4-8H2,1-3H3. The molecule has 1 rings (SSSR count). The van der Waals surface area contributed by atoms with E-state index in [0.29, 0.717) is 6.04 Å². The number of pyridine rings is 1. The summed E-state index contributed by atoms with van der Waals surface area (Å²) < 4.78 is 0. The zero-order valence-corrected chi connectivity index (χ0v) is 11.3. The quantitative estimate of drug-likeness (QED) is 0.717. The number of nitrogens with one attached hydrogen (secondary N) is 2. The molecule has 1 atom stereocenters. The molecule has 0 saturated carbocycles. The van der Waals surface area contributed by atoms with Crippen LogP contribution in [-0.2, 0) is 0 Å². The summed E-state index contributed by atoms with van der Waals surface area (Å²) in [6.07, 6.45) is 8.48. The van der Waals surface area contributed by atoms with Crippen molar-refractivity contribution in [3.8, 4) is 0 Å². The van der Waals surface area contributed by atoms with E-state index in [1.54, 1.807) is 0 Å². The lowest BCUT2D eigenvalue weighted by atomic mass is 10.1. The lowest BCUT2D eigenvalue weighted by Gasteiger charge is -2.17. The summed E-state index contributed by atoms with van der Waals surface area (Å²) in [5.74, 6) is 0. The van der Waals surface area contributed by atoms with E-state index < -0.39 is 0 Å². The minimum atomic E-state index is 0.559. The maximum Gasteiger partial charge on any atom is 0.0549 e. The topological polar surface area (TPSA) is 37.0 Å². The first kappa shape index (κ1) is 13.8. The Labute approximate surface area is 105 Å². The van der Waals surface area contributed by atoms with Crippen LogP contribution in [0.25, 0.3) is 0 Å². The Morgan fingerprint density at radius 2 is 1.88 bits per heavy atom. The van der Waals surface area contributed by atoms with Crippen molar-refractivity contribution in [2.45, 2.75) is 52.5 Å². The molecular formula is C14H25N3. The van der Waals surface area contributed by atoms with Gasteiger partial charge in [0.25, 0.3) is 0 Å². The molecule has 0 radical (unpaired) electrons. The van der Waals surface area contributed by atoms with E-state index >= 15 is 0 Å². The van der Waals surface area contributed by atoms with Crippen molar-refractivity contribution >= 4 is 11.4 Å². The minimum Gasteiger partial charge on any atom is -0.384 e. The van der Waals surface area contributed by atoms with E-state index in [1.807, 2.05) is 12.4 Å². The van der Waals surface area contributed by atoms with Crippen molar-refractivity contribution in [1.29, 1.82) is 0 Å². The van der Waals surface area contributed by atoms with Crippen molar-refractivity contribution < 1.29 is 0 Å². The number of rotatable bonds is 8. The fraction of sp³-hybridized carbons (Fsp3) is 0.643. The van der Waals surface area contributed by atoms with E-state index in [2.05, 4.69) is 42.5 Å². The highest BCUT2D eigenvalue weighted by molar-refractivity contribution is 5.54. The van der Waals surface area contributed by atoms with Gasteiger partial charge in [-0.05, 0) is 25.3 Å². The number of hydrogen-bond acceptors (Lipinski definition) is 3. The summed E-state index contributed by atoms with van der Waals surface area (Å²) in [5.41, 5.74) is 2.22. The van der Waals surface area contributed by atoms with Gasteiger partial charge in [0.2, 0.25) is 0 Å². The highest BCUT2D eigenvalue weighted by atomic mass is 14.9. The van der Waals surface area contributed by atoms with Gasteiger partial charge >= 0.3 is 0 Å². The van der Waals surface area contributed by atoms with Crippen molar-refractivity contribution in [3.05, 3.63) is 18.5 Å². The van der Waals surface area contributed by atoms with Crippen LogP contribution in [0.4, 0.5) is 11.4 Å². The van der Waals surface area contributed by atoms with Gasteiger partial charge < -0.3 is 10.6 Å². The SMILES string of the molecule is CCCNc1cncc(NC(CC)CCC)c1. The molecule has 0 bridgehead atoms. The van der Waals surface area contributed by atoms with Crippen molar-refractivity contribution in [2.24, 2.45) is 0 Å². The van der Waals surface area contributed by atoms with Crippen LogP contribution in [0.2, 0.25) is 0 Å². The van der Waals surface area contributed by atoms with Gasteiger partial charge in [0, 0.05) is 12.6 Å². The fourth-order valence-corrected chi connectivity index (χ4v) is 1.85. The number of anilines is 2. The Balaban J connectivity index is 2.57.